The number of fused-ring (bicyclic) bond motifs is 1. The van der Waals surface area contributed by atoms with Gasteiger partial charge in [-0.1, -0.05) is 18.2 Å². The van der Waals surface area contributed by atoms with Crippen LogP contribution in [-0.2, 0) is 11.2 Å². The van der Waals surface area contributed by atoms with Crippen molar-refractivity contribution in [2.75, 3.05) is 45.2 Å². The SMILES string of the molecule is COCC1CCCN(CC2CNc3ccccc3C2)C1. The summed E-state index contributed by atoms with van der Waals surface area (Å²) in [6.45, 7) is 5.73. The van der Waals surface area contributed by atoms with Crippen LogP contribution < -0.4 is 5.32 Å². The Kier molecular flexibility index (Phi) is 4.58. The van der Waals surface area contributed by atoms with E-state index in [0.29, 0.717) is 0 Å². The first-order valence-corrected chi connectivity index (χ1v) is 7.88. The van der Waals surface area contributed by atoms with Crippen molar-refractivity contribution in [3.8, 4) is 0 Å². The molecule has 20 heavy (non-hydrogen) atoms. The molecule has 0 bridgehead atoms. The van der Waals surface area contributed by atoms with Crippen LogP contribution in [0.2, 0.25) is 0 Å². The van der Waals surface area contributed by atoms with Crippen LogP contribution in [0.15, 0.2) is 24.3 Å². The molecule has 0 spiro atoms. The van der Waals surface area contributed by atoms with Crippen molar-refractivity contribution in [2.45, 2.75) is 19.3 Å². The second-order valence-electron chi connectivity index (χ2n) is 6.33. The minimum Gasteiger partial charge on any atom is -0.384 e. The van der Waals surface area contributed by atoms with Gasteiger partial charge in [0.2, 0.25) is 0 Å². The molecule has 0 aliphatic carbocycles. The first kappa shape index (κ1) is 13.9. The van der Waals surface area contributed by atoms with Gasteiger partial charge in [-0.05, 0) is 49.3 Å². The van der Waals surface area contributed by atoms with Crippen LogP contribution in [0.5, 0.6) is 0 Å². The lowest BCUT2D eigenvalue weighted by atomic mass is 9.92. The summed E-state index contributed by atoms with van der Waals surface area (Å²) in [6.07, 6.45) is 3.87. The summed E-state index contributed by atoms with van der Waals surface area (Å²) < 4.78 is 5.33. The number of anilines is 1. The molecular formula is C17H26N2O. The quantitative estimate of drug-likeness (QED) is 0.913. The van der Waals surface area contributed by atoms with E-state index in [2.05, 4.69) is 34.5 Å². The van der Waals surface area contributed by atoms with E-state index in [9.17, 15) is 0 Å². The molecule has 2 aliphatic heterocycles. The second kappa shape index (κ2) is 6.59. The van der Waals surface area contributed by atoms with Crippen LogP contribution in [0.25, 0.3) is 0 Å². The molecular weight excluding hydrogens is 248 g/mol. The van der Waals surface area contributed by atoms with Gasteiger partial charge in [0.1, 0.15) is 0 Å². The molecule has 3 nitrogen and oxygen atoms in total. The van der Waals surface area contributed by atoms with Crippen LogP contribution in [0, 0.1) is 11.8 Å². The van der Waals surface area contributed by atoms with Gasteiger partial charge in [-0.2, -0.15) is 0 Å². The summed E-state index contributed by atoms with van der Waals surface area (Å²) >= 11 is 0. The number of para-hydroxylation sites is 1. The Morgan fingerprint density at radius 3 is 3.10 bits per heavy atom. The molecule has 3 rings (SSSR count). The van der Waals surface area contributed by atoms with E-state index < -0.39 is 0 Å². The van der Waals surface area contributed by atoms with E-state index in [0.717, 1.165) is 25.0 Å². The highest BCUT2D eigenvalue weighted by Gasteiger charge is 2.24. The largest absolute Gasteiger partial charge is 0.384 e. The fraction of sp³-hybridized carbons (Fsp3) is 0.647. The predicted octanol–water partition coefficient (Wildman–Crippen LogP) is 2.63. The number of hydrogen-bond acceptors (Lipinski definition) is 3. The molecule has 2 aliphatic rings. The molecule has 3 heteroatoms. The van der Waals surface area contributed by atoms with Crippen LogP contribution >= 0.6 is 0 Å². The van der Waals surface area contributed by atoms with Crippen molar-refractivity contribution in [1.29, 1.82) is 0 Å². The van der Waals surface area contributed by atoms with Crippen LogP contribution in [-0.4, -0.2) is 44.8 Å². The van der Waals surface area contributed by atoms with E-state index in [1.165, 1.54) is 50.1 Å². The lowest BCUT2D eigenvalue weighted by Crippen LogP contribution is -2.42. The number of nitrogens with one attached hydrogen (secondary N) is 1. The lowest BCUT2D eigenvalue weighted by Gasteiger charge is -2.36. The Labute approximate surface area is 122 Å². The number of ether oxygens (including phenoxy) is 1. The number of piperidine rings is 1. The molecule has 0 saturated carbocycles. The Morgan fingerprint density at radius 2 is 2.20 bits per heavy atom. The number of methoxy groups -OCH3 is 1. The topological polar surface area (TPSA) is 24.5 Å². The lowest BCUT2D eigenvalue weighted by molar-refractivity contribution is 0.0832. The Hall–Kier alpha value is -1.06. The van der Waals surface area contributed by atoms with E-state index in [1.807, 2.05) is 7.11 Å². The predicted molar refractivity (Wildman–Crippen MR) is 83.2 cm³/mol. The van der Waals surface area contributed by atoms with Crippen molar-refractivity contribution in [3.63, 3.8) is 0 Å². The smallest absolute Gasteiger partial charge is 0.0502 e. The maximum absolute atomic E-state index is 5.33. The third-order valence-corrected chi connectivity index (χ3v) is 4.63. The Bertz CT molecular complexity index is 433. The summed E-state index contributed by atoms with van der Waals surface area (Å²) in [5.41, 5.74) is 2.81. The molecule has 2 heterocycles. The van der Waals surface area contributed by atoms with Crippen molar-refractivity contribution in [1.82, 2.24) is 4.90 Å². The van der Waals surface area contributed by atoms with Gasteiger partial charge in [0, 0.05) is 32.4 Å². The maximum atomic E-state index is 5.33. The molecule has 1 fully saturated rings. The zero-order chi connectivity index (χ0) is 13.8. The number of rotatable bonds is 4. The summed E-state index contributed by atoms with van der Waals surface area (Å²) in [4.78, 5) is 2.65. The first-order valence-electron chi connectivity index (χ1n) is 7.88. The Balaban J connectivity index is 1.54. The van der Waals surface area contributed by atoms with E-state index in [1.54, 1.807) is 0 Å². The minimum absolute atomic E-state index is 0.734. The standard InChI is InChI=1S/C17H26N2O/c1-20-13-14-5-4-8-19(11-14)12-15-9-16-6-2-3-7-17(16)18-10-15/h2-3,6-7,14-15,18H,4-5,8-13H2,1H3. The number of likely N-dealkylation sites (tertiary alicyclic amines) is 1. The molecule has 0 amide bonds. The molecule has 1 saturated heterocycles. The van der Waals surface area contributed by atoms with Crippen molar-refractivity contribution in [2.24, 2.45) is 11.8 Å². The van der Waals surface area contributed by atoms with Gasteiger partial charge in [0.15, 0.2) is 0 Å². The van der Waals surface area contributed by atoms with Gasteiger partial charge >= 0.3 is 0 Å². The molecule has 1 aromatic rings. The van der Waals surface area contributed by atoms with Crippen LogP contribution in [0.4, 0.5) is 5.69 Å². The third kappa shape index (κ3) is 3.33. The summed E-state index contributed by atoms with van der Waals surface area (Å²) in [5, 5.41) is 3.59. The molecule has 0 radical (unpaired) electrons. The van der Waals surface area contributed by atoms with Gasteiger partial charge in [-0.15, -0.1) is 0 Å². The fourth-order valence-corrected chi connectivity index (χ4v) is 3.69. The highest BCUT2D eigenvalue weighted by molar-refractivity contribution is 5.53. The average Bonchev–Trinajstić information content (AvgIpc) is 2.48. The van der Waals surface area contributed by atoms with Gasteiger partial charge in [-0.3, -0.25) is 0 Å². The van der Waals surface area contributed by atoms with Crippen LogP contribution in [0.3, 0.4) is 0 Å². The van der Waals surface area contributed by atoms with Crippen molar-refractivity contribution < 1.29 is 4.74 Å². The summed E-state index contributed by atoms with van der Waals surface area (Å²) in [6, 6.07) is 8.73. The Morgan fingerprint density at radius 1 is 1.30 bits per heavy atom. The van der Waals surface area contributed by atoms with Gasteiger partial charge in [0.05, 0.1) is 6.61 Å². The van der Waals surface area contributed by atoms with Crippen LogP contribution in [0.1, 0.15) is 18.4 Å². The third-order valence-electron chi connectivity index (χ3n) is 4.63. The number of benzene rings is 1. The maximum Gasteiger partial charge on any atom is 0.0502 e. The van der Waals surface area contributed by atoms with E-state index in [4.69, 9.17) is 4.74 Å². The normalized spacial score (nSPS) is 26.9. The average molecular weight is 274 g/mol. The van der Waals surface area contributed by atoms with Crippen molar-refractivity contribution in [3.05, 3.63) is 29.8 Å². The van der Waals surface area contributed by atoms with E-state index >= 15 is 0 Å². The molecule has 2 atom stereocenters. The van der Waals surface area contributed by atoms with Gasteiger partial charge in [-0.25, -0.2) is 0 Å². The zero-order valence-corrected chi connectivity index (χ0v) is 12.5. The molecule has 0 aromatic heterocycles. The molecule has 1 N–H and O–H groups in total. The van der Waals surface area contributed by atoms with Gasteiger partial charge < -0.3 is 15.0 Å². The number of nitrogens with zero attached hydrogens (tertiary/aromatic N) is 1. The minimum atomic E-state index is 0.734. The molecule has 1 aromatic carbocycles. The van der Waals surface area contributed by atoms with E-state index in [-0.39, 0.29) is 0 Å². The highest BCUT2D eigenvalue weighted by Crippen LogP contribution is 2.26. The molecule has 110 valence electrons. The second-order valence-corrected chi connectivity index (χ2v) is 6.33. The summed E-state index contributed by atoms with van der Waals surface area (Å²) in [7, 11) is 1.82. The monoisotopic (exact) mass is 274 g/mol. The molecule has 2 unspecified atom stereocenters. The van der Waals surface area contributed by atoms with Crippen molar-refractivity contribution >= 4 is 5.69 Å². The number of hydrogen-bond donors (Lipinski definition) is 1. The van der Waals surface area contributed by atoms with Gasteiger partial charge in [0.25, 0.3) is 0 Å². The highest BCUT2D eigenvalue weighted by atomic mass is 16.5. The first-order chi connectivity index (χ1) is 9.85. The zero-order valence-electron chi connectivity index (χ0n) is 12.5. The summed E-state index contributed by atoms with van der Waals surface area (Å²) in [5.74, 6) is 1.48. The fourth-order valence-electron chi connectivity index (χ4n) is 3.69.